The van der Waals surface area contributed by atoms with Crippen LogP contribution in [0.3, 0.4) is 0 Å². The summed E-state index contributed by atoms with van der Waals surface area (Å²) in [5.74, 6) is -0.575. The van der Waals surface area contributed by atoms with Crippen molar-refractivity contribution >= 4 is 29.7 Å². The predicted molar refractivity (Wildman–Crippen MR) is 169 cm³/mol. The summed E-state index contributed by atoms with van der Waals surface area (Å²) in [5.41, 5.74) is 5.21. The molecule has 9 nitrogen and oxygen atoms in total. The third kappa shape index (κ3) is 8.61. The average Bonchev–Trinajstić information content (AvgIpc) is 3.37. The lowest BCUT2D eigenvalue weighted by Gasteiger charge is -2.23. The molecule has 3 aromatic rings. The maximum atomic E-state index is 13.5. The van der Waals surface area contributed by atoms with Gasteiger partial charge in [-0.3, -0.25) is 4.79 Å². The minimum absolute atomic E-state index is 0.113. The fourth-order valence-electron chi connectivity index (χ4n) is 5.31. The Labute approximate surface area is 263 Å². The second-order valence-electron chi connectivity index (χ2n) is 10.4. The summed E-state index contributed by atoms with van der Waals surface area (Å²) in [6.07, 6.45) is 2.71. The first kappa shape index (κ1) is 32.6. The number of hydrogen-bond acceptors (Lipinski definition) is 7. The first-order valence-electron chi connectivity index (χ1n) is 14.6. The molecule has 3 N–H and O–H groups in total. The monoisotopic (exact) mass is 619 g/mol. The number of benzene rings is 3. The van der Waals surface area contributed by atoms with Crippen molar-refractivity contribution in [1.29, 1.82) is 0 Å². The Bertz CT molecular complexity index is 1390. The Balaban J connectivity index is 1.41. The summed E-state index contributed by atoms with van der Waals surface area (Å²) in [6, 6.07) is 21.4. The molecule has 0 fully saturated rings. The maximum Gasteiger partial charge on any atom is 0.407 e. The Morgan fingerprint density at radius 1 is 0.909 bits per heavy atom. The maximum absolute atomic E-state index is 13.5. The van der Waals surface area contributed by atoms with Crippen LogP contribution >= 0.6 is 11.8 Å². The lowest BCUT2D eigenvalue weighted by molar-refractivity contribution is -0.145. The number of fused-ring (bicyclic) bond motifs is 3. The smallest absolute Gasteiger partial charge is 0.407 e. The van der Waals surface area contributed by atoms with E-state index in [1.807, 2.05) is 48.5 Å². The Morgan fingerprint density at radius 3 is 2.18 bits per heavy atom. The predicted octanol–water partition coefficient (Wildman–Crippen LogP) is 5.27. The largest absolute Gasteiger partial charge is 0.490 e. The molecule has 2 amide bonds. The molecular weight excluding hydrogens is 582 g/mol. The molecule has 0 aliphatic heterocycles. The molecule has 4 rings (SSSR count). The number of carbonyl (C=O) groups excluding carboxylic acids is 3. The zero-order valence-electron chi connectivity index (χ0n) is 24.7. The van der Waals surface area contributed by atoms with Crippen LogP contribution in [-0.2, 0) is 25.5 Å². The van der Waals surface area contributed by atoms with E-state index in [0.29, 0.717) is 38.2 Å². The van der Waals surface area contributed by atoms with Crippen LogP contribution in [0.15, 0.2) is 85.5 Å². The number of unbranched alkanes of at least 4 members (excludes halogenated alkanes) is 1. The minimum Gasteiger partial charge on any atom is -0.490 e. The second-order valence-corrected chi connectivity index (χ2v) is 10.7. The normalized spacial score (nSPS) is 13.1. The van der Waals surface area contributed by atoms with Gasteiger partial charge in [-0.15, -0.1) is 0 Å². The first-order chi connectivity index (χ1) is 21.4. The lowest BCUT2D eigenvalue weighted by Crippen LogP contribution is -2.52. The number of amides is 2. The Hall–Kier alpha value is -4.34. The van der Waals surface area contributed by atoms with Gasteiger partial charge in [-0.25, -0.2) is 14.4 Å². The quantitative estimate of drug-likeness (QED) is 0.0866. The van der Waals surface area contributed by atoms with Gasteiger partial charge in [0, 0.05) is 18.9 Å². The van der Waals surface area contributed by atoms with Crippen LogP contribution in [0.25, 0.3) is 11.1 Å². The molecule has 0 saturated heterocycles. The van der Waals surface area contributed by atoms with Crippen LogP contribution in [-0.4, -0.2) is 56.9 Å². The number of methoxy groups -OCH3 is 1. The van der Waals surface area contributed by atoms with Crippen molar-refractivity contribution in [2.75, 3.05) is 26.9 Å². The van der Waals surface area contributed by atoms with Crippen molar-refractivity contribution in [2.24, 2.45) is 0 Å². The van der Waals surface area contributed by atoms with E-state index >= 15 is 0 Å². The summed E-state index contributed by atoms with van der Waals surface area (Å²) in [7, 11) is 1.26. The third-order valence-electron chi connectivity index (χ3n) is 7.50. The second kappa shape index (κ2) is 16.5. The van der Waals surface area contributed by atoms with Crippen LogP contribution in [0.2, 0.25) is 0 Å². The highest BCUT2D eigenvalue weighted by molar-refractivity contribution is 6.13. The van der Waals surface area contributed by atoms with E-state index in [2.05, 4.69) is 34.2 Å². The fraction of sp³-hybridized carbons (Fsp3) is 0.324. The molecule has 1 aliphatic carbocycles. The van der Waals surface area contributed by atoms with Gasteiger partial charge < -0.3 is 24.8 Å². The van der Waals surface area contributed by atoms with Gasteiger partial charge in [-0.1, -0.05) is 73.3 Å². The van der Waals surface area contributed by atoms with Gasteiger partial charge >= 0.3 is 12.1 Å². The average molecular weight is 620 g/mol. The molecule has 0 heterocycles. The molecule has 0 aromatic heterocycles. The van der Waals surface area contributed by atoms with Crippen molar-refractivity contribution in [3.05, 3.63) is 102 Å². The molecule has 1 aliphatic rings. The van der Waals surface area contributed by atoms with E-state index in [4.69, 9.17) is 26.0 Å². The molecule has 232 valence electrons. The number of carbonyl (C=O) groups is 3. The standard InChI is InChI=1S/C34H38ClN3O6/c1-3-20-43-24-17-15-23(16-18-24)21-31(33(40)42-2)37-32(39)30(14-8-9-19-36-35)38-34(41)44-22-29-27-12-6-4-10-25(27)26-11-5-7-13-28(26)29/h3-7,10-13,15-18,29-31,36H,1,8-9,14,19-22H2,2H3,(H,37,39)(H,38,41)/t30-,31+/m1/s1. The van der Waals surface area contributed by atoms with Crippen LogP contribution in [0.1, 0.15) is 41.9 Å². The van der Waals surface area contributed by atoms with Crippen LogP contribution < -0.4 is 20.2 Å². The molecule has 0 unspecified atom stereocenters. The highest BCUT2D eigenvalue weighted by atomic mass is 35.5. The highest BCUT2D eigenvalue weighted by Gasteiger charge is 2.31. The van der Waals surface area contributed by atoms with E-state index in [9.17, 15) is 14.4 Å². The van der Waals surface area contributed by atoms with E-state index < -0.39 is 30.1 Å². The number of rotatable bonds is 16. The number of esters is 1. The van der Waals surface area contributed by atoms with Gasteiger partial charge in [0.05, 0.1) is 7.11 Å². The zero-order valence-corrected chi connectivity index (χ0v) is 25.5. The fourth-order valence-corrected chi connectivity index (χ4v) is 5.45. The van der Waals surface area contributed by atoms with Crippen molar-refractivity contribution in [3.8, 4) is 16.9 Å². The highest BCUT2D eigenvalue weighted by Crippen LogP contribution is 2.44. The number of halogens is 1. The Morgan fingerprint density at radius 2 is 1.57 bits per heavy atom. The first-order valence-corrected chi connectivity index (χ1v) is 15.0. The van der Waals surface area contributed by atoms with E-state index in [-0.39, 0.29) is 18.9 Å². The summed E-state index contributed by atoms with van der Waals surface area (Å²) in [6.45, 7) is 4.66. The number of hydrogen-bond donors (Lipinski definition) is 3. The molecule has 0 radical (unpaired) electrons. The third-order valence-corrected chi connectivity index (χ3v) is 7.69. The molecule has 0 saturated carbocycles. The Kier molecular flexibility index (Phi) is 12.2. The number of ether oxygens (including phenoxy) is 3. The van der Waals surface area contributed by atoms with Gasteiger partial charge in [-0.05, 0) is 71.0 Å². The van der Waals surface area contributed by atoms with Crippen molar-refractivity contribution < 1.29 is 28.6 Å². The van der Waals surface area contributed by atoms with Crippen LogP contribution in [0, 0.1) is 0 Å². The van der Waals surface area contributed by atoms with Gasteiger partial charge in [0.25, 0.3) is 0 Å². The molecule has 10 heteroatoms. The summed E-state index contributed by atoms with van der Waals surface area (Å²) >= 11 is 5.59. The minimum atomic E-state index is -0.969. The van der Waals surface area contributed by atoms with Crippen molar-refractivity contribution in [3.63, 3.8) is 0 Å². The van der Waals surface area contributed by atoms with Gasteiger partial charge in [0.1, 0.15) is 31.0 Å². The zero-order chi connectivity index (χ0) is 31.3. The molecule has 0 spiro atoms. The molecule has 44 heavy (non-hydrogen) atoms. The summed E-state index contributed by atoms with van der Waals surface area (Å²) < 4.78 is 16.2. The van der Waals surface area contributed by atoms with E-state index in [1.54, 1.807) is 18.2 Å². The molecular formula is C34H38ClN3O6. The summed E-state index contributed by atoms with van der Waals surface area (Å²) in [4.78, 5) is 41.7. The number of alkyl carbamates (subject to hydrolysis) is 1. The number of nitrogens with one attached hydrogen (secondary N) is 3. The van der Waals surface area contributed by atoms with Gasteiger partial charge in [-0.2, -0.15) is 0 Å². The lowest BCUT2D eigenvalue weighted by atomic mass is 9.98. The molecule has 3 aromatic carbocycles. The molecule has 0 bridgehead atoms. The molecule has 2 atom stereocenters. The van der Waals surface area contributed by atoms with Crippen molar-refractivity contribution in [1.82, 2.24) is 15.5 Å². The van der Waals surface area contributed by atoms with Gasteiger partial charge in [0.15, 0.2) is 0 Å². The van der Waals surface area contributed by atoms with Crippen molar-refractivity contribution in [2.45, 2.75) is 43.7 Å². The van der Waals surface area contributed by atoms with Crippen LogP contribution in [0.5, 0.6) is 5.75 Å². The summed E-state index contributed by atoms with van der Waals surface area (Å²) in [5, 5.41) is 5.48. The topological polar surface area (TPSA) is 115 Å². The van der Waals surface area contributed by atoms with E-state index in [0.717, 1.165) is 27.8 Å². The van der Waals surface area contributed by atoms with Crippen LogP contribution in [0.4, 0.5) is 4.79 Å². The van der Waals surface area contributed by atoms with Gasteiger partial charge in [0.2, 0.25) is 5.91 Å². The van der Waals surface area contributed by atoms with E-state index in [1.165, 1.54) is 7.11 Å². The SMILES string of the molecule is C=CCOc1ccc(C[C@H](NC(=O)[C@@H](CCCCNCl)NC(=O)OCC2c3ccccc3-c3ccccc32)C(=O)OC)cc1.